The van der Waals surface area contributed by atoms with Gasteiger partial charge in [-0.15, -0.1) is 0 Å². The minimum Gasteiger partial charge on any atom is -0.458 e. The third-order valence-electron chi connectivity index (χ3n) is 5.07. The van der Waals surface area contributed by atoms with Gasteiger partial charge in [0, 0.05) is 12.4 Å². The number of nitrogens with one attached hydrogen (secondary N) is 2. The monoisotopic (exact) mass is 418 g/mol. The maximum Gasteiger partial charge on any atom is 0.329 e. The Labute approximate surface area is 178 Å². The third kappa shape index (κ3) is 7.39. The van der Waals surface area contributed by atoms with E-state index in [-0.39, 0.29) is 17.5 Å². The van der Waals surface area contributed by atoms with Gasteiger partial charge in [-0.25, -0.2) is 9.78 Å². The Morgan fingerprint density at radius 3 is 2.40 bits per heavy atom. The number of rotatable bonds is 8. The quantitative estimate of drug-likeness (QED) is 0.628. The summed E-state index contributed by atoms with van der Waals surface area (Å²) in [5.74, 6) is -1.25. The molecule has 1 aliphatic rings. The number of ether oxygens (including phenoxy) is 1. The molecule has 1 saturated carbocycles. The Bertz CT molecular complexity index is 712. The number of hydrogen-bond donors (Lipinski definition) is 2. The second kappa shape index (κ2) is 11.0. The molecule has 0 radical (unpaired) electrons. The van der Waals surface area contributed by atoms with E-state index < -0.39 is 29.6 Å². The lowest BCUT2D eigenvalue weighted by molar-refractivity contribution is -0.159. The van der Waals surface area contributed by atoms with Crippen LogP contribution in [0.4, 0.5) is 0 Å². The Morgan fingerprint density at radius 2 is 1.83 bits per heavy atom. The smallest absolute Gasteiger partial charge is 0.329 e. The maximum atomic E-state index is 13.2. The zero-order chi connectivity index (χ0) is 22.1. The van der Waals surface area contributed by atoms with E-state index in [2.05, 4.69) is 20.6 Å². The van der Waals surface area contributed by atoms with Gasteiger partial charge in [-0.2, -0.15) is 0 Å². The van der Waals surface area contributed by atoms with E-state index in [9.17, 15) is 14.4 Å². The van der Waals surface area contributed by atoms with Crippen LogP contribution >= 0.6 is 0 Å². The van der Waals surface area contributed by atoms with Crippen LogP contribution in [0.15, 0.2) is 18.6 Å². The maximum absolute atomic E-state index is 13.2. The van der Waals surface area contributed by atoms with Gasteiger partial charge in [-0.05, 0) is 46.0 Å². The van der Waals surface area contributed by atoms with E-state index in [1.165, 1.54) is 18.6 Å². The molecule has 1 aromatic rings. The molecule has 30 heavy (non-hydrogen) atoms. The van der Waals surface area contributed by atoms with Gasteiger partial charge in [-0.1, -0.05) is 32.6 Å². The number of amides is 2. The van der Waals surface area contributed by atoms with Crippen LogP contribution in [0.3, 0.4) is 0 Å². The van der Waals surface area contributed by atoms with Crippen LogP contribution in [0.5, 0.6) is 0 Å². The number of carbonyl (C=O) groups is 3. The molecule has 2 atom stereocenters. The van der Waals surface area contributed by atoms with Gasteiger partial charge in [0.05, 0.1) is 6.20 Å². The molecule has 1 fully saturated rings. The van der Waals surface area contributed by atoms with Crippen molar-refractivity contribution in [3.8, 4) is 0 Å². The molecule has 8 nitrogen and oxygen atoms in total. The number of nitrogens with zero attached hydrogens (tertiary/aromatic N) is 2. The van der Waals surface area contributed by atoms with Crippen LogP contribution in [-0.4, -0.2) is 45.4 Å². The molecule has 8 heteroatoms. The zero-order valence-electron chi connectivity index (χ0n) is 18.4. The van der Waals surface area contributed by atoms with Crippen LogP contribution in [0.25, 0.3) is 0 Å². The van der Waals surface area contributed by atoms with Crippen molar-refractivity contribution in [1.82, 2.24) is 20.6 Å². The first-order valence-electron chi connectivity index (χ1n) is 10.8. The molecule has 0 bridgehead atoms. The van der Waals surface area contributed by atoms with Gasteiger partial charge in [0.25, 0.3) is 5.91 Å². The van der Waals surface area contributed by atoms with E-state index >= 15 is 0 Å². The lowest BCUT2D eigenvalue weighted by Gasteiger charge is -2.31. The highest BCUT2D eigenvalue weighted by Crippen LogP contribution is 2.27. The summed E-state index contributed by atoms with van der Waals surface area (Å²) >= 11 is 0. The van der Waals surface area contributed by atoms with Crippen molar-refractivity contribution in [1.29, 1.82) is 0 Å². The standard InChI is InChI=1S/C22H34N4O4/c1-5-9-16(21(29)30-22(2,3)4)25-20(28)18(15-10-7-6-8-11-15)26-19(27)17-14-23-12-13-24-17/h12-16,18H,5-11H2,1-4H3,(H,25,28)(H,26,27). The molecule has 1 aromatic heterocycles. The molecule has 0 spiro atoms. The van der Waals surface area contributed by atoms with E-state index in [0.717, 1.165) is 32.1 Å². The van der Waals surface area contributed by atoms with Crippen molar-refractivity contribution in [3.05, 3.63) is 24.3 Å². The van der Waals surface area contributed by atoms with Crippen molar-refractivity contribution >= 4 is 17.8 Å². The lowest BCUT2D eigenvalue weighted by Crippen LogP contribution is -2.55. The summed E-state index contributed by atoms with van der Waals surface area (Å²) in [4.78, 5) is 46.4. The fourth-order valence-corrected chi connectivity index (χ4v) is 3.67. The molecule has 0 aliphatic heterocycles. The Balaban J connectivity index is 2.15. The van der Waals surface area contributed by atoms with Crippen molar-refractivity contribution in [2.75, 3.05) is 0 Å². The SMILES string of the molecule is CCCC(NC(=O)C(NC(=O)c1cnccn1)C1CCCCC1)C(=O)OC(C)(C)C. The fourth-order valence-electron chi connectivity index (χ4n) is 3.67. The molecular weight excluding hydrogens is 384 g/mol. The Hall–Kier alpha value is -2.51. The second-order valence-corrected chi connectivity index (χ2v) is 8.82. The van der Waals surface area contributed by atoms with Crippen LogP contribution in [-0.2, 0) is 14.3 Å². The van der Waals surface area contributed by atoms with Gasteiger partial charge >= 0.3 is 5.97 Å². The predicted molar refractivity (Wildman–Crippen MR) is 113 cm³/mol. The molecule has 1 heterocycles. The van der Waals surface area contributed by atoms with E-state index in [1.807, 2.05) is 6.92 Å². The summed E-state index contributed by atoms with van der Waals surface area (Å²) in [6.45, 7) is 7.32. The summed E-state index contributed by atoms with van der Waals surface area (Å²) in [6, 6.07) is -1.48. The minimum atomic E-state index is -0.749. The van der Waals surface area contributed by atoms with Crippen molar-refractivity contribution < 1.29 is 19.1 Å². The molecule has 2 amide bonds. The normalized spacial score (nSPS) is 16.9. The highest BCUT2D eigenvalue weighted by molar-refractivity contribution is 5.96. The van der Waals surface area contributed by atoms with Gasteiger partial charge in [-0.3, -0.25) is 14.6 Å². The van der Waals surface area contributed by atoms with Crippen molar-refractivity contribution in [3.63, 3.8) is 0 Å². The summed E-state index contributed by atoms with van der Waals surface area (Å²) in [5, 5.41) is 5.66. The van der Waals surface area contributed by atoms with Gasteiger partial charge in [0.2, 0.25) is 5.91 Å². The Morgan fingerprint density at radius 1 is 1.13 bits per heavy atom. The minimum absolute atomic E-state index is 0.0142. The predicted octanol–water partition coefficient (Wildman–Crippen LogP) is 2.78. The van der Waals surface area contributed by atoms with Crippen LogP contribution in [0.2, 0.25) is 0 Å². The first kappa shape index (κ1) is 23.8. The third-order valence-corrected chi connectivity index (χ3v) is 5.07. The van der Waals surface area contributed by atoms with Crippen LogP contribution in [0.1, 0.15) is 83.1 Å². The summed E-state index contributed by atoms with van der Waals surface area (Å²) < 4.78 is 5.47. The van der Waals surface area contributed by atoms with Gasteiger partial charge in [0.15, 0.2) is 0 Å². The van der Waals surface area contributed by atoms with E-state index in [1.54, 1.807) is 20.8 Å². The van der Waals surface area contributed by atoms with Crippen molar-refractivity contribution in [2.24, 2.45) is 5.92 Å². The van der Waals surface area contributed by atoms with Gasteiger partial charge in [0.1, 0.15) is 23.4 Å². The molecule has 2 rings (SSSR count). The average molecular weight is 419 g/mol. The lowest BCUT2D eigenvalue weighted by atomic mass is 9.83. The second-order valence-electron chi connectivity index (χ2n) is 8.82. The molecule has 2 N–H and O–H groups in total. The number of hydrogen-bond acceptors (Lipinski definition) is 6. The molecule has 0 aromatic carbocycles. The largest absolute Gasteiger partial charge is 0.458 e. The number of aromatic nitrogens is 2. The molecule has 2 unspecified atom stereocenters. The molecule has 1 aliphatic carbocycles. The van der Waals surface area contributed by atoms with Crippen LogP contribution in [0, 0.1) is 5.92 Å². The topological polar surface area (TPSA) is 110 Å². The van der Waals surface area contributed by atoms with Crippen LogP contribution < -0.4 is 10.6 Å². The summed E-state index contributed by atoms with van der Waals surface area (Å²) in [7, 11) is 0. The highest BCUT2D eigenvalue weighted by atomic mass is 16.6. The molecular formula is C22H34N4O4. The number of carbonyl (C=O) groups excluding carboxylic acids is 3. The first-order valence-corrected chi connectivity index (χ1v) is 10.8. The molecule has 166 valence electrons. The fraction of sp³-hybridized carbons (Fsp3) is 0.682. The Kier molecular flexibility index (Phi) is 8.74. The summed E-state index contributed by atoms with van der Waals surface area (Å²) in [5.41, 5.74) is -0.486. The highest BCUT2D eigenvalue weighted by Gasteiger charge is 2.34. The average Bonchev–Trinajstić information content (AvgIpc) is 2.71. The molecule has 0 saturated heterocycles. The van der Waals surface area contributed by atoms with E-state index in [4.69, 9.17) is 4.74 Å². The number of esters is 1. The van der Waals surface area contributed by atoms with Crippen molar-refractivity contribution in [2.45, 2.75) is 90.3 Å². The zero-order valence-corrected chi connectivity index (χ0v) is 18.4. The summed E-state index contributed by atoms with van der Waals surface area (Å²) in [6.07, 6.45) is 10.3. The van der Waals surface area contributed by atoms with Gasteiger partial charge < -0.3 is 15.4 Å². The first-order chi connectivity index (χ1) is 14.2. The van der Waals surface area contributed by atoms with E-state index in [0.29, 0.717) is 12.8 Å².